The van der Waals surface area contributed by atoms with Gasteiger partial charge >= 0.3 is 5.97 Å². The van der Waals surface area contributed by atoms with E-state index >= 15 is 0 Å². The van der Waals surface area contributed by atoms with E-state index in [-0.39, 0.29) is 19.2 Å². The summed E-state index contributed by atoms with van der Waals surface area (Å²) in [5, 5.41) is 17.9. The van der Waals surface area contributed by atoms with Crippen molar-refractivity contribution >= 4 is 5.97 Å². The summed E-state index contributed by atoms with van der Waals surface area (Å²) in [5.74, 6) is -0.808. The monoisotopic (exact) mass is 249 g/mol. The van der Waals surface area contributed by atoms with Crippen LogP contribution in [0, 0.1) is 0 Å². The maximum Gasteiger partial charge on any atom is 0.317 e. The predicted octanol–water partition coefficient (Wildman–Crippen LogP) is 1.44. The molecule has 1 aliphatic carbocycles. The third kappa shape index (κ3) is 2.89. The Morgan fingerprint density at radius 3 is 2.89 bits per heavy atom. The molecule has 0 amide bonds. The molecule has 98 valence electrons. The van der Waals surface area contributed by atoms with Crippen LogP contribution in [0.15, 0.2) is 24.3 Å². The average molecular weight is 249 g/mol. The van der Waals surface area contributed by atoms with E-state index in [0.29, 0.717) is 13.0 Å². The van der Waals surface area contributed by atoms with Gasteiger partial charge in [0, 0.05) is 19.2 Å². The standard InChI is InChI=1S/C14H19NO3/c16-9-3-8-15(10-14(17)18)13-7-6-11-4-1-2-5-12(11)13/h1-2,4-5,13,16H,3,6-10H2,(H,17,18). The number of benzene rings is 1. The highest BCUT2D eigenvalue weighted by atomic mass is 16.4. The summed E-state index contributed by atoms with van der Waals surface area (Å²) in [6.45, 7) is 0.769. The Bertz CT molecular complexity index is 419. The highest BCUT2D eigenvalue weighted by Crippen LogP contribution is 2.35. The summed E-state index contributed by atoms with van der Waals surface area (Å²) in [7, 11) is 0. The lowest BCUT2D eigenvalue weighted by atomic mass is 10.1. The second kappa shape index (κ2) is 5.98. The maximum atomic E-state index is 10.9. The van der Waals surface area contributed by atoms with Crippen LogP contribution in [0.25, 0.3) is 0 Å². The van der Waals surface area contributed by atoms with Gasteiger partial charge in [-0.1, -0.05) is 24.3 Å². The van der Waals surface area contributed by atoms with Gasteiger partial charge in [0.25, 0.3) is 0 Å². The number of fused-ring (bicyclic) bond motifs is 1. The first kappa shape index (κ1) is 13.1. The van der Waals surface area contributed by atoms with Crippen molar-refractivity contribution in [1.29, 1.82) is 0 Å². The normalized spacial score (nSPS) is 18.0. The maximum absolute atomic E-state index is 10.9. The summed E-state index contributed by atoms with van der Waals surface area (Å²) in [5.41, 5.74) is 2.57. The molecular weight excluding hydrogens is 230 g/mol. The lowest BCUT2D eigenvalue weighted by Crippen LogP contribution is -2.34. The molecule has 0 aliphatic heterocycles. The summed E-state index contributed by atoms with van der Waals surface area (Å²) < 4.78 is 0. The van der Waals surface area contributed by atoms with Gasteiger partial charge in [0.1, 0.15) is 0 Å². The smallest absolute Gasteiger partial charge is 0.317 e. The molecule has 0 radical (unpaired) electrons. The Hall–Kier alpha value is -1.39. The number of carboxylic acid groups (broad SMARTS) is 1. The first-order chi connectivity index (χ1) is 8.72. The topological polar surface area (TPSA) is 60.8 Å². The molecule has 1 aromatic carbocycles. The fraction of sp³-hybridized carbons (Fsp3) is 0.500. The molecule has 0 saturated carbocycles. The second-order valence-electron chi connectivity index (χ2n) is 4.69. The minimum atomic E-state index is -0.808. The minimum absolute atomic E-state index is 0.0407. The van der Waals surface area contributed by atoms with Crippen molar-refractivity contribution in [3.63, 3.8) is 0 Å². The molecule has 2 rings (SSSR count). The summed E-state index contributed by atoms with van der Waals surface area (Å²) in [6.07, 6.45) is 2.60. The van der Waals surface area contributed by atoms with E-state index in [1.807, 2.05) is 17.0 Å². The Kier molecular flexibility index (Phi) is 4.33. The van der Waals surface area contributed by atoms with Gasteiger partial charge in [0.2, 0.25) is 0 Å². The highest BCUT2D eigenvalue weighted by Gasteiger charge is 2.28. The van der Waals surface area contributed by atoms with Crippen molar-refractivity contribution in [2.45, 2.75) is 25.3 Å². The highest BCUT2D eigenvalue weighted by molar-refractivity contribution is 5.69. The molecule has 1 aromatic rings. The van der Waals surface area contributed by atoms with Gasteiger partial charge in [-0.15, -0.1) is 0 Å². The molecule has 18 heavy (non-hydrogen) atoms. The van der Waals surface area contributed by atoms with Gasteiger partial charge in [0.15, 0.2) is 0 Å². The summed E-state index contributed by atoms with van der Waals surface area (Å²) in [4.78, 5) is 12.9. The molecule has 1 atom stereocenters. The van der Waals surface area contributed by atoms with Gasteiger partial charge in [-0.3, -0.25) is 9.69 Å². The first-order valence-electron chi connectivity index (χ1n) is 6.37. The fourth-order valence-electron chi connectivity index (χ4n) is 2.71. The van der Waals surface area contributed by atoms with Gasteiger partial charge in [0.05, 0.1) is 6.54 Å². The molecule has 0 fully saturated rings. The van der Waals surface area contributed by atoms with Crippen molar-refractivity contribution in [2.75, 3.05) is 19.7 Å². The van der Waals surface area contributed by atoms with Crippen molar-refractivity contribution in [3.05, 3.63) is 35.4 Å². The zero-order valence-corrected chi connectivity index (χ0v) is 10.4. The van der Waals surface area contributed by atoms with Crippen LogP contribution in [-0.4, -0.2) is 40.8 Å². The number of aliphatic hydroxyl groups is 1. The molecule has 4 heteroatoms. The Labute approximate surface area is 107 Å². The van der Waals surface area contributed by atoms with Gasteiger partial charge in [-0.25, -0.2) is 0 Å². The van der Waals surface area contributed by atoms with Crippen molar-refractivity contribution in [1.82, 2.24) is 4.90 Å². The zero-order chi connectivity index (χ0) is 13.0. The minimum Gasteiger partial charge on any atom is -0.480 e. The van der Waals surface area contributed by atoms with Crippen LogP contribution in [0.2, 0.25) is 0 Å². The number of aliphatic hydroxyl groups excluding tert-OH is 1. The van der Waals surface area contributed by atoms with Gasteiger partial charge in [-0.2, -0.15) is 0 Å². The van der Waals surface area contributed by atoms with E-state index in [0.717, 1.165) is 12.8 Å². The predicted molar refractivity (Wildman–Crippen MR) is 68.4 cm³/mol. The Balaban J connectivity index is 2.14. The van der Waals surface area contributed by atoms with Crippen LogP contribution in [0.3, 0.4) is 0 Å². The molecule has 0 aromatic heterocycles. The summed E-state index contributed by atoms with van der Waals surface area (Å²) in [6, 6.07) is 8.41. The molecule has 0 spiro atoms. The van der Waals surface area contributed by atoms with Crippen molar-refractivity contribution < 1.29 is 15.0 Å². The molecule has 0 bridgehead atoms. The van der Waals surface area contributed by atoms with E-state index < -0.39 is 5.97 Å². The zero-order valence-electron chi connectivity index (χ0n) is 10.4. The first-order valence-corrected chi connectivity index (χ1v) is 6.37. The van der Waals surface area contributed by atoms with E-state index in [4.69, 9.17) is 10.2 Å². The Morgan fingerprint density at radius 1 is 1.39 bits per heavy atom. The van der Waals surface area contributed by atoms with Crippen LogP contribution in [0.5, 0.6) is 0 Å². The van der Waals surface area contributed by atoms with E-state index in [2.05, 4.69) is 12.1 Å². The molecule has 2 N–H and O–H groups in total. The molecule has 1 unspecified atom stereocenters. The third-order valence-electron chi connectivity index (χ3n) is 3.48. The Morgan fingerprint density at radius 2 is 2.17 bits per heavy atom. The number of hydrogen-bond acceptors (Lipinski definition) is 3. The SMILES string of the molecule is O=C(O)CN(CCCO)C1CCc2ccccc21. The summed E-state index contributed by atoms with van der Waals surface area (Å²) >= 11 is 0. The largest absolute Gasteiger partial charge is 0.480 e. The quantitative estimate of drug-likeness (QED) is 0.801. The lowest BCUT2D eigenvalue weighted by Gasteiger charge is -2.27. The molecule has 0 heterocycles. The second-order valence-corrected chi connectivity index (χ2v) is 4.69. The number of hydrogen-bond donors (Lipinski definition) is 2. The van der Waals surface area contributed by atoms with E-state index in [9.17, 15) is 4.79 Å². The van der Waals surface area contributed by atoms with Crippen LogP contribution >= 0.6 is 0 Å². The van der Waals surface area contributed by atoms with Crippen LogP contribution in [-0.2, 0) is 11.2 Å². The fourth-order valence-corrected chi connectivity index (χ4v) is 2.71. The van der Waals surface area contributed by atoms with Crippen molar-refractivity contribution in [2.24, 2.45) is 0 Å². The van der Waals surface area contributed by atoms with Gasteiger partial charge in [-0.05, 0) is 30.4 Å². The number of carbonyl (C=O) groups is 1. The number of aryl methyl sites for hydroxylation is 1. The number of rotatable bonds is 6. The molecule has 1 aliphatic rings. The number of carboxylic acids is 1. The van der Waals surface area contributed by atoms with Gasteiger partial charge < -0.3 is 10.2 Å². The number of nitrogens with zero attached hydrogens (tertiary/aromatic N) is 1. The van der Waals surface area contributed by atoms with Crippen LogP contribution in [0.4, 0.5) is 0 Å². The van der Waals surface area contributed by atoms with E-state index in [1.165, 1.54) is 11.1 Å². The molecular formula is C14H19NO3. The van der Waals surface area contributed by atoms with Crippen LogP contribution < -0.4 is 0 Å². The van der Waals surface area contributed by atoms with Crippen molar-refractivity contribution in [3.8, 4) is 0 Å². The third-order valence-corrected chi connectivity index (χ3v) is 3.48. The molecule has 0 saturated heterocycles. The molecule has 4 nitrogen and oxygen atoms in total. The van der Waals surface area contributed by atoms with E-state index in [1.54, 1.807) is 0 Å². The van der Waals surface area contributed by atoms with Crippen LogP contribution in [0.1, 0.15) is 30.0 Å². The lowest BCUT2D eigenvalue weighted by molar-refractivity contribution is -0.139. The average Bonchev–Trinajstić information content (AvgIpc) is 2.78. The number of aliphatic carboxylic acids is 1.